The Labute approximate surface area is 156 Å². The number of nitrogens with two attached hydrogens (primary N) is 1. The number of likely N-dealkylation sites (N-methyl/N-ethyl adjacent to an activating group) is 1. The molecule has 0 aromatic heterocycles. The van der Waals surface area contributed by atoms with Crippen LogP contribution in [-0.4, -0.2) is 48.7 Å². The Morgan fingerprint density at radius 1 is 1.15 bits per heavy atom. The molecule has 8 heteroatoms. The Bertz CT molecular complexity index is 849. The van der Waals surface area contributed by atoms with Crippen LogP contribution in [0.25, 0.3) is 0 Å². The summed E-state index contributed by atoms with van der Waals surface area (Å²) < 4.78 is 4.62. The fourth-order valence-electron chi connectivity index (χ4n) is 2.36. The predicted octanol–water partition coefficient (Wildman–Crippen LogP) is 2.46. The van der Waals surface area contributed by atoms with E-state index in [2.05, 4.69) is 10.1 Å². The molecule has 0 atom stereocenters. The van der Waals surface area contributed by atoms with Crippen molar-refractivity contribution in [3.63, 3.8) is 0 Å². The average Bonchev–Trinajstić information content (AvgIpc) is 2.66. The quantitative estimate of drug-likeness (QED) is 0.530. The zero-order chi connectivity index (χ0) is 20.0. The van der Waals surface area contributed by atoms with Crippen molar-refractivity contribution in [2.45, 2.75) is 6.42 Å². The summed E-state index contributed by atoms with van der Waals surface area (Å²) in [6.07, 6.45) is -0.409. The van der Waals surface area contributed by atoms with E-state index < -0.39 is 18.0 Å². The predicted molar refractivity (Wildman–Crippen MR) is 101 cm³/mol. The molecule has 0 aliphatic heterocycles. The maximum atomic E-state index is 12.4. The van der Waals surface area contributed by atoms with Crippen molar-refractivity contribution in [2.75, 3.05) is 31.8 Å². The highest BCUT2D eigenvalue weighted by molar-refractivity contribution is 6.08. The van der Waals surface area contributed by atoms with Gasteiger partial charge < -0.3 is 25.8 Å². The first-order valence-electron chi connectivity index (χ1n) is 8.14. The molecular weight excluding hydrogens is 350 g/mol. The minimum atomic E-state index is -0.977. The summed E-state index contributed by atoms with van der Waals surface area (Å²) in [5, 5.41) is 11.6. The normalized spacial score (nSPS) is 10.1. The largest absolute Gasteiger partial charge is 0.465 e. The number of carboxylic acid groups (broad SMARTS) is 1. The van der Waals surface area contributed by atoms with Gasteiger partial charge in [-0.2, -0.15) is 0 Å². The van der Waals surface area contributed by atoms with Gasteiger partial charge >= 0.3 is 12.1 Å². The van der Waals surface area contributed by atoms with E-state index in [0.717, 1.165) is 5.56 Å². The van der Waals surface area contributed by atoms with Gasteiger partial charge in [0.1, 0.15) is 0 Å². The highest BCUT2D eigenvalue weighted by Crippen LogP contribution is 2.18. The second-order valence-corrected chi connectivity index (χ2v) is 5.90. The fourth-order valence-corrected chi connectivity index (χ4v) is 2.36. The average molecular weight is 371 g/mol. The summed E-state index contributed by atoms with van der Waals surface area (Å²) in [4.78, 5) is 35.9. The molecule has 0 saturated heterocycles. The summed E-state index contributed by atoms with van der Waals surface area (Å²) in [6, 6.07) is 11.4. The first-order chi connectivity index (χ1) is 12.8. The monoisotopic (exact) mass is 371 g/mol. The molecule has 142 valence electrons. The Balaban J connectivity index is 2.01. The van der Waals surface area contributed by atoms with Crippen molar-refractivity contribution in [1.29, 1.82) is 0 Å². The van der Waals surface area contributed by atoms with E-state index in [-0.39, 0.29) is 16.8 Å². The zero-order valence-electron chi connectivity index (χ0n) is 15.1. The van der Waals surface area contributed by atoms with Crippen molar-refractivity contribution in [1.82, 2.24) is 4.90 Å². The molecule has 0 unspecified atom stereocenters. The van der Waals surface area contributed by atoms with Gasteiger partial charge in [-0.05, 0) is 42.3 Å². The van der Waals surface area contributed by atoms with E-state index >= 15 is 0 Å². The van der Waals surface area contributed by atoms with Crippen molar-refractivity contribution in [3.05, 3.63) is 59.2 Å². The van der Waals surface area contributed by atoms with Crippen LogP contribution < -0.4 is 11.1 Å². The Morgan fingerprint density at radius 3 is 2.37 bits per heavy atom. The van der Waals surface area contributed by atoms with Crippen LogP contribution in [0, 0.1) is 0 Å². The third kappa shape index (κ3) is 5.21. The standard InChI is InChI=1S/C19H21N3O5/c1-22(19(25)26)10-9-12-3-6-14(7-4-12)21-17(23)15-8-5-13(11-16(15)20)18(24)27-2/h3-8,11H,9-10,20H2,1-2H3,(H,21,23)(H,25,26). The number of hydrogen-bond donors (Lipinski definition) is 3. The lowest BCUT2D eigenvalue weighted by Gasteiger charge is -2.13. The highest BCUT2D eigenvalue weighted by Gasteiger charge is 2.14. The van der Waals surface area contributed by atoms with E-state index in [0.29, 0.717) is 18.7 Å². The van der Waals surface area contributed by atoms with Gasteiger partial charge in [0.2, 0.25) is 0 Å². The molecule has 0 aliphatic carbocycles. The molecule has 0 aliphatic rings. The lowest BCUT2D eigenvalue weighted by Crippen LogP contribution is -2.26. The molecule has 0 saturated carbocycles. The number of benzene rings is 2. The Morgan fingerprint density at radius 2 is 1.81 bits per heavy atom. The van der Waals surface area contributed by atoms with Crippen LogP contribution >= 0.6 is 0 Å². The SMILES string of the molecule is COC(=O)c1ccc(C(=O)Nc2ccc(CCN(C)C(=O)O)cc2)c(N)c1. The third-order valence-corrected chi connectivity index (χ3v) is 3.99. The van der Waals surface area contributed by atoms with Crippen LogP contribution in [0.3, 0.4) is 0 Å². The van der Waals surface area contributed by atoms with E-state index in [4.69, 9.17) is 10.8 Å². The molecule has 8 nitrogen and oxygen atoms in total. The summed E-state index contributed by atoms with van der Waals surface area (Å²) in [6.45, 7) is 0.379. The molecule has 0 fully saturated rings. The minimum absolute atomic E-state index is 0.170. The number of nitrogens with one attached hydrogen (secondary N) is 1. The maximum Gasteiger partial charge on any atom is 0.407 e. The van der Waals surface area contributed by atoms with Gasteiger partial charge in [0, 0.05) is 25.0 Å². The molecule has 2 aromatic rings. The first-order valence-corrected chi connectivity index (χ1v) is 8.14. The van der Waals surface area contributed by atoms with E-state index in [1.165, 1.54) is 37.3 Å². The Hall–Kier alpha value is -3.55. The number of rotatable bonds is 6. The van der Waals surface area contributed by atoms with Gasteiger partial charge in [0.15, 0.2) is 0 Å². The lowest BCUT2D eigenvalue weighted by atomic mass is 10.1. The first kappa shape index (κ1) is 19.8. The Kier molecular flexibility index (Phi) is 6.37. The van der Waals surface area contributed by atoms with Crippen molar-refractivity contribution in [3.8, 4) is 0 Å². The van der Waals surface area contributed by atoms with Crippen LogP contribution in [0.2, 0.25) is 0 Å². The number of anilines is 2. The second kappa shape index (κ2) is 8.70. The van der Waals surface area contributed by atoms with Gasteiger partial charge in [-0.1, -0.05) is 12.1 Å². The van der Waals surface area contributed by atoms with Gasteiger partial charge in [0.25, 0.3) is 5.91 Å². The number of esters is 1. The van der Waals surface area contributed by atoms with Crippen LogP contribution in [0.1, 0.15) is 26.3 Å². The number of nitrogen functional groups attached to an aromatic ring is 1. The van der Waals surface area contributed by atoms with Crippen LogP contribution in [0.5, 0.6) is 0 Å². The number of nitrogens with zero attached hydrogens (tertiary/aromatic N) is 1. The van der Waals surface area contributed by atoms with Gasteiger partial charge in [0.05, 0.1) is 18.2 Å². The summed E-state index contributed by atoms with van der Waals surface area (Å²) in [5.74, 6) is -0.930. The third-order valence-electron chi connectivity index (χ3n) is 3.99. The molecule has 0 bridgehead atoms. The summed E-state index contributed by atoms with van der Waals surface area (Å²) in [5.41, 5.74) is 8.07. The van der Waals surface area contributed by atoms with Gasteiger partial charge in [-0.25, -0.2) is 9.59 Å². The van der Waals surface area contributed by atoms with Crippen molar-refractivity contribution < 1.29 is 24.2 Å². The second-order valence-electron chi connectivity index (χ2n) is 5.90. The lowest BCUT2D eigenvalue weighted by molar-refractivity contribution is 0.0600. The molecule has 2 amide bonds. The number of hydrogen-bond acceptors (Lipinski definition) is 5. The van der Waals surface area contributed by atoms with Crippen LogP contribution in [-0.2, 0) is 11.2 Å². The molecule has 0 spiro atoms. The van der Waals surface area contributed by atoms with E-state index in [1.807, 2.05) is 12.1 Å². The number of ether oxygens (including phenoxy) is 1. The summed E-state index contributed by atoms with van der Waals surface area (Å²) in [7, 11) is 2.77. The zero-order valence-corrected chi connectivity index (χ0v) is 15.1. The van der Waals surface area contributed by atoms with Crippen molar-refractivity contribution >= 4 is 29.3 Å². The maximum absolute atomic E-state index is 12.4. The molecule has 27 heavy (non-hydrogen) atoms. The minimum Gasteiger partial charge on any atom is -0.465 e. The topological polar surface area (TPSA) is 122 Å². The molecule has 2 aromatic carbocycles. The van der Waals surface area contributed by atoms with Crippen LogP contribution in [0.15, 0.2) is 42.5 Å². The highest BCUT2D eigenvalue weighted by atomic mass is 16.5. The summed E-state index contributed by atoms with van der Waals surface area (Å²) >= 11 is 0. The van der Waals surface area contributed by atoms with Gasteiger partial charge in [-0.15, -0.1) is 0 Å². The number of carbonyl (C=O) groups is 3. The number of carbonyl (C=O) groups excluding carboxylic acids is 2. The van der Waals surface area contributed by atoms with Gasteiger partial charge in [-0.3, -0.25) is 4.79 Å². The molecule has 0 radical (unpaired) electrons. The fraction of sp³-hybridized carbons (Fsp3) is 0.211. The van der Waals surface area contributed by atoms with Crippen molar-refractivity contribution in [2.24, 2.45) is 0 Å². The molecular formula is C19H21N3O5. The number of amides is 2. The van der Waals surface area contributed by atoms with E-state index in [9.17, 15) is 14.4 Å². The molecule has 0 heterocycles. The smallest absolute Gasteiger partial charge is 0.407 e. The number of methoxy groups -OCH3 is 1. The molecule has 2 rings (SSSR count). The van der Waals surface area contributed by atoms with Crippen LogP contribution in [0.4, 0.5) is 16.2 Å². The van der Waals surface area contributed by atoms with E-state index in [1.54, 1.807) is 12.1 Å². The molecule has 4 N–H and O–H groups in total.